The molecule has 0 atom stereocenters. The molecular weight excluding hydrogens is 623 g/mol. The third-order valence-corrected chi connectivity index (χ3v) is 9.80. The second kappa shape index (κ2) is 11.9. The van der Waals surface area contributed by atoms with Crippen LogP contribution >= 0.6 is 0 Å². The molecule has 10 aromatic rings. The minimum absolute atomic E-state index is 0.611. The van der Waals surface area contributed by atoms with Crippen LogP contribution in [0.1, 0.15) is 0 Å². The van der Waals surface area contributed by atoms with Crippen molar-refractivity contribution in [1.82, 2.24) is 9.55 Å². The highest BCUT2D eigenvalue weighted by Crippen LogP contribution is 2.47. The van der Waals surface area contributed by atoms with E-state index in [0.717, 1.165) is 61.2 Å². The van der Waals surface area contributed by atoms with Crippen LogP contribution in [0.2, 0.25) is 0 Å². The molecule has 2 aromatic heterocycles. The van der Waals surface area contributed by atoms with Crippen LogP contribution in [0.15, 0.2) is 192 Å². The maximum absolute atomic E-state index is 6.53. The van der Waals surface area contributed by atoms with Crippen molar-refractivity contribution in [2.75, 3.05) is 4.90 Å². The fourth-order valence-electron chi connectivity index (χ4n) is 7.51. The first-order chi connectivity index (χ1) is 25.3. The zero-order chi connectivity index (χ0) is 33.7. The van der Waals surface area contributed by atoms with Crippen molar-refractivity contribution in [2.24, 2.45) is 0 Å². The van der Waals surface area contributed by atoms with Crippen molar-refractivity contribution in [2.45, 2.75) is 0 Å². The average Bonchev–Trinajstić information content (AvgIpc) is 3.80. The zero-order valence-corrected chi connectivity index (χ0v) is 27.6. The highest BCUT2D eigenvalue weighted by atomic mass is 16.3. The monoisotopic (exact) mass is 653 g/mol. The number of fused-ring (bicyclic) bond motifs is 6. The normalized spacial score (nSPS) is 11.5. The summed E-state index contributed by atoms with van der Waals surface area (Å²) >= 11 is 0. The zero-order valence-electron chi connectivity index (χ0n) is 27.6. The van der Waals surface area contributed by atoms with Gasteiger partial charge in [-0.15, -0.1) is 0 Å². The summed E-state index contributed by atoms with van der Waals surface area (Å²) in [5, 5.41) is 4.47. The largest absolute Gasteiger partial charge is 0.435 e. The number of rotatable bonds is 6. The summed E-state index contributed by atoms with van der Waals surface area (Å²) in [6.45, 7) is 0. The third kappa shape index (κ3) is 4.80. The molecule has 51 heavy (non-hydrogen) atoms. The Morgan fingerprint density at radius 3 is 1.78 bits per heavy atom. The van der Waals surface area contributed by atoms with Crippen LogP contribution in [0.3, 0.4) is 0 Å². The second-order valence-electron chi connectivity index (χ2n) is 12.8. The number of para-hydroxylation sites is 2. The van der Waals surface area contributed by atoms with Crippen LogP contribution in [0, 0.1) is 0 Å². The Labute approximate surface area is 295 Å². The molecule has 0 saturated heterocycles. The van der Waals surface area contributed by atoms with Crippen LogP contribution in [-0.4, -0.2) is 9.55 Å². The first-order valence-corrected chi connectivity index (χ1v) is 17.2. The highest BCUT2D eigenvalue weighted by molar-refractivity contribution is 6.19. The number of aromatic nitrogens is 2. The molecule has 0 bridgehead atoms. The molecule has 4 heteroatoms. The number of nitrogens with zero attached hydrogens (tertiary/aromatic N) is 3. The van der Waals surface area contributed by atoms with E-state index < -0.39 is 0 Å². The van der Waals surface area contributed by atoms with Gasteiger partial charge in [0.2, 0.25) is 5.89 Å². The summed E-state index contributed by atoms with van der Waals surface area (Å²) in [6, 6.07) is 66.2. The summed E-state index contributed by atoms with van der Waals surface area (Å²) in [6.07, 6.45) is 0. The van der Waals surface area contributed by atoms with Crippen LogP contribution in [0.25, 0.3) is 71.9 Å². The molecule has 8 aromatic carbocycles. The lowest BCUT2D eigenvalue weighted by Gasteiger charge is -2.28. The summed E-state index contributed by atoms with van der Waals surface area (Å²) in [4.78, 5) is 7.48. The first-order valence-electron chi connectivity index (χ1n) is 17.2. The van der Waals surface area contributed by atoms with Crippen molar-refractivity contribution in [3.63, 3.8) is 0 Å². The smallest absolute Gasteiger partial charge is 0.227 e. The van der Waals surface area contributed by atoms with Gasteiger partial charge in [0.05, 0.1) is 22.4 Å². The number of oxazole rings is 1. The van der Waals surface area contributed by atoms with E-state index in [9.17, 15) is 0 Å². The van der Waals surface area contributed by atoms with Crippen LogP contribution in [0.5, 0.6) is 0 Å². The van der Waals surface area contributed by atoms with Gasteiger partial charge in [0, 0.05) is 38.5 Å². The second-order valence-corrected chi connectivity index (χ2v) is 12.8. The minimum atomic E-state index is 0.611. The molecule has 0 saturated carbocycles. The van der Waals surface area contributed by atoms with E-state index >= 15 is 0 Å². The average molecular weight is 654 g/mol. The van der Waals surface area contributed by atoms with Gasteiger partial charge in [0.15, 0.2) is 5.58 Å². The van der Waals surface area contributed by atoms with E-state index in [0.29, 0.717) is 5.89 Å². The van der Waals surface area contributed by atoms with Gasteiger partial charge in [-0.25, -0.2) is 4.98 Å². The SMILES string of the molecule is c1ccc(-c2ccc(N(c3cc4nc(-c5ccccc5)oc4c4ccccc34)c3cccc4c3c3ccccc3n4-c3ccccc3)cc2)cc1. The fourth-order valence-corrected chi connectivity index (χ4v) is 7.51. The van der Waals surface area contributed by atoms with Crippen molar-refractivity contribution in [1.29, 1.82) is 0 Å². The molecule has 0 fully saturated rings. The summed E-state index contributed by atoms with van der Waals surface area (Å²) in [5.41, 5.74) is 11.5. The van der Waals surface area contributed by atoms with Gasteiger partial charge in [0.25, 0.3) is 0 Å². The van der Waals surface area contributed by atoms with Gasteiger partial charge < -0.3 is 13.9 Å². The number of anilines is 3. The van der Waals surface area contributed by atoms with Gasteiger partial charge in [-0.1, -0.05) is 127 Å². The standard InChI is InChI=1S/C47H31N3O/c1-4-15-32(16-5-1)33-27-29-36(30-28-33)50(43-26-14-25-42-45(43)39-23-12-13-24-41(39)49(42)35-19-8-3-9-20-35)44-31-40-46(38-22-11-10-21-37(38)44)51-47(48-40)34-17-6-2-7-18-34/h1-31H. The van der Waals surface area contributed by atoms with Crippen LogP contribution in [0.4, 0.5) is 17.1 Å². The Balaban J connectivity index is 1.28. The molecule has 0 aliphatic heterocycles. The van der Waals surface area contributed by atoms with Gasteiger partial charge in [-0.05, 0) is 71.8 Å². The molecule has 0 aliphatic rings. The predicted molar refractivity (Wildman–Crippen MR) is 211 cm³/mol. The summed E-state index contributed by atoms with van der Waals surface area (Å²) in [5.74, 6) is 0.611. The van der Waals surface area contributed by atoms with Crippen molar-refractivity contribution in [3.05, 3.63) is 188 Å². The molecule has 10 rings (SSSR count). The Hall–Kier alpha value is -6.91. The molecule has 0 spiro atoms. The molecule has 0 amide bonds. The molecule has 0 radical (unpaired) electrons. The van der Waals surface area contributed by atoms with Crippen molar-refractivity contribution in [3.8, 4) is 28.3 Å². The van der Waals surface area contributed by atoms with Gasteiger partial charge >= 0.3 is 0 Å². The number of hydrogen-bond acceptors (Lipinski definition) is 3. The lowest BCUT2D eigenvalue weighted by molar-refractivity contribution is 0.623. The van der Waals surface area contributed by atoms with Gasteiger partial charge in [-0.3, -0.25) is 0 Å². The van der Waals surface area contributed by atoms with E-state index in [1.807, 2.05) is 30.3 Å². The van der Waals surface area contributed by atoms with Crippen molar-refractivity contribution < 1.29 is 4.42 Å². The van der Waals surface area contributed by atoms with E-state index in [1.165, 1.54) is 21.9 Å². The Morgan fingerprint density at radius 2 is 1.04 bits per heavy atom. The molecule has 4 nitrogen and oxygen atoms in total. The first kappa shape index (κ1) is 29.0. The van der Waals surface area contributed by atoms with Crippen LogP contribution in [-0.2, 0) is 0 Å². The third-order valence-electron chi connectivity index (χ3n) is 9.80. The summed E-state index contributed by atoms with van der Waals surface area (Å²) < 4.78 is 8.90. The summed E-state index contributed by atoms with van der Waals surface area (Å²) in [7, 11) is 0. The molecule has 240 valence electrons. The van der Waals surface area contributed by atoms with Crippen LogP contribution < -0.4 is 4.90 Å². The molecule has 2 heterocycles. The topological polar surface area (TPSA) is 34.2 Å². The Bertz CT molecular complexity index is 2840. The van der Waals surface area contributed by atoms with E-state index in [4.69, 9.17) is 9.40 Å². The van der Waals surface area contributed by atoms with E-state index in [-0.39, 0.29) is 0 Å². The molecule has 0 N–H and O–H groups in total. The lowest BCUT2D eigenvalue weighted by atomic mass is 10.0. The Kier molecular flexibility index (Phi) is 6.78. The Morgan fingerprint density at radius 1 is 0.451 bits per heavy atom. The van der Waals surface area contributed by atoms with E-state index in [2.05, 4.69) is 167 Å². The quantitative estimate of drug-likeness (QED) is 0.179. The minimum Gasteiger partial charge on any atom is -0.435 e. The van der Waals surface area contributed by atoms with E-state index in [1.54, 1.807) is 0 Å². The predicted octanol–water partition coefficient (Wildman–Crippen LogP) is 12.9. The highest BCUT2D eigenvalue weighted by Gasteiger charge is 2.24. The molecule has 0 aliphatic carbocycles. The molecular formula is C47H31N3O. The van der Waals surface area contributed by atoms with Gasteiger partial charge in [-0.2, -0.15) is 0 Å². The molecule has 0 unspecified atom stereocenters. The van der Waals surface area contributed by atoms with Crippen molar-refractivity contribution >= 4 is 60.7 Å². The maximum Gasteiger partial charge on any atom is 0.227 e. The lowest BCUT2D eigenvalue weighted by Crippen LogP contribution is -2.11. The number of benzene rings is 8. The van der Waals surface area contributed by atoms with Gasteiger partial charge in [0.1, 0.15) is 5.52 Å². The fraction of sp³-hybridized carbons (Fsp3) is 0. The number of hydrogen-bond donors (Lipinski definition) is 0. The maximum atomic E-state index is 6.53.